The third-order valence-electron chi connectivity index (χ3n) is 2.07. The van der Waals surface area contributed by atoms with E-state index >= 15 is 0 Å². The van der Waals surface area contributed by atoms with Crippen LogP contribution in [0.5, 0.6) is 0 Å². The van der Waals surface area contributed by atoms with E-state index in [0.29, 0.717) is 6.54 Å². The number of thiophene rings is 1. The Morgan fingerprint density at radius 3 is 2.86 bits per heavy atom. The van der Waals surface area contributed by atoms with Crippen molar-refractivity contribution in [3.8, 4) is 0 Å². The molecular formula is C10H16N2OS. The van der Waals surface area contributed by atoms with Gasteiger partial charge in [0.25, 0.3) is 0 Å². The number of hydrogen-bond donors (Lipinski definition) is 2. The fraction of sp³-hybridized carbons (Fsp3) is 0.500. The molecule has 0 aliphatic carbocycles. The smallest absolute Gasteiger partial charge is 0.237 e. The van der Waals surface area contributed by atoms with Crippen LogP contribution >= 0.6 is 11.3 Å². The molecule has 0 aromatic carbocycles. The van der Waals surface area contributed by atoms with Crippen molar-refractivity contribution in [2.45, 2.75) is 26.4 Å². The van der Waals surface area contributed by atoms with Gasteiger partial charge in [0.05, 0.1) is 6.04 Å². The van der Waals surface area contributed by atoms with E-state index in [1.807, 2.05) is 30.7 Å². The van der Waals surface area contributed by atoms with Crippen molar-refractivity contribution >= 4 is 17.2 Å². The molecule has 1 aromatic heterocycles. The molecule has 0 radical (unpaired) electrons. The standard InChI is InChI=1S/C10H16N2OS/c1-7(2)9(11)10(13)12-5-8-3-4-14-6-8/h3-4,6-7,9H,5,11H2,1-2H3,(H,12,13). The van der Waals surface area contributed by atoms with Crippen LogP contribution in [0, 0.1) is 5.92 Å². The molecule has 1 rings (SSSR count). The summed E-state index contributed by atoms with van der Waals surface area (Å²) in [5, 5.41) is 6.81. The Kier molecular flexibility index (Phi) is 4.10. The lowest BCUT2D eigenvalue weighted by atomic mass is 10.1. The maximum absolute atomic E-state index is 11.4. The van der Waals surface area contributed by atoms with Crippen molar-refractivity contribution < 1.29 is 4.79 Å². The molecule has 3 N–H and O–H groups in total. The summed E-state index contributed by atoms with van der Waals surface area (Å²) in [5.74, 6) is 0.101. The number of hydrogen-bond acceptors (Lipinski definition) is 3. The number of carbonyl (C=O) groups is 1. The molecule has 0 saturated carbocycles. The number of nitrogens with one attached hydrogen (secondary N) is 1. The summed E-state index contributed by atoms with van der Waals surface area (Å²) in [4.78, 5) is 11.4. The van der Waals surface area contributed by atoms with E-state index in [0.717, 1.165) is 5.56 Å². The summed E-state index contributed by atoms with van der Waals surface area (Å²) in [6.45, 7) is 4.45. The van der Waals surface area contributed by atoms with Crippen LogP contribution in [-0.2, 0) is 11.3 Å². The molecule has 78 valence electrons. The van der Waals surface area contributed by atoms with E-state index in [-0.39, 0.29) is 11.8 Å². The van der Waals surface area contributed by atoms with E-state index in [2.05, 4.69) is 5.32 Å². The first kappa shape index (κ1) is 11.2. The first-order chi connectivity index (χ1) is 6.61. The molecule has 0 spiro atoms. The second-order valence-electron chi connectivity index (χ2n) is 3.62. The lowest BCUT2D eigenvalue weighted by molar-refractivity contribution is -0.123. The molecule has 0 bridgehead atoms. The number of amides is 1. The van der Waals surface area contributed by atoms with Gasteiger partial charge in [0.2, 0.25) is 5.91 Å². The average molecular weight is 212 g/mol. The van der Waals surface area contributed by atoms with E-state index in [4.69, 9.17) is 5.73 Å². The predicted octanol–water partition coefficient (Wildman–Crippen LogP) is 1.35. The van der Waals surface area contributed by atoms with Crippen molar-refractivity contribution in [3.63, 3.8) is 0 Å². The normalized spacial score (nSPS) is 12.9. The minimum Gasteiger partial charge on any atom is -0.351 e. The number of carbonyl (C=O) groups excluding carboxylic acids is 1. The predicted molar refractivity (Wildman–Crippen MR) is 59.0 cm³/mol. The van der Waals surface area contributed by atoms with Crippen LogP contribution in [0.1, 0.15) is 19.4 Å². The summed E-state index contributed by atoms with van der Waals surface area (Å²) >= 11 is 1.62. The second-order valence-corrected chi connectivity index (χ2v) is 4.40. The zero-order valence-corrected chi connectivity index (χ0v) is 9.30. The van der Waals surface area contributed by atoms with Gasteiger partial charge in [-0.05, 0) is 28.3 Å². The summed E-state index contributed by atoms with van der Waals surface area (Å²) in [7, 11) is 0. The molecule has 4 heteroatoms. The molecule has 1 heterocycles. The Labute approximate surface area is 88.3 Å². The molecule has 3 nitrogen and oxygen atoms in total. The van der Waals surface area contributed by atoms with Crippen LogP contribution in [0.4, 0.5) is 0 Å². The van der Waals surface area contributed by atoms with Crippen LogP contribution < -0.4 is 11.1 Å². The fourth-order valence-electron chi connectivity index (χ4n) is 1.00. The maximum Gasteiger partial charge on any atom is 0.237 e. The summed E-state index contributed by atoms with van der Waals surface area (Å²) in [6, 6.07) is 1.58. The lowest BCUT2D eigenvalue weighted by Crippen LogP contribution is -2.43. The summed E-state index contributed by atoms with van der Waals surface area (Å²) < 4.78 is 0. The Balaban J connectivity index is 2.35. The van der Waals surface area contributed by atoms with Crippen molar-refractivity contribution in [3.05, 3.63) is 22.4 Å². The topological polar surface area (TPSA) is 55.1 Å². The molecule has 1 atom stereocenters. The van der Waals surface area contributed by atoms with Gasteiger partial charge in [-0.2, -0.15) is 11.3 Å². The average Bonchev–Trinajstić information content (AvgIpc) is 2.65. The molecule has 1 amide bonds. The quantitative estimate of drug-likeness (QED) is 0.791. The van der Waals surface area contributed by atoms with E-state index in [1.165, 1.54) is 0 Å². The molecule has 0 saturated heterocycles. The van der Waals surface area contributed by atoms with Crippen LogP contribution in [0.25, 0.3) is 0 Å². The maximum atomic E-state index is 11.4. The highest BCUT2D eigenvalue weighted by atomic mass is 32.1. The zero-order chi connectivity index (χ0) is 10.6. The van der Waals surface area contributed by atoms with Gasteiger partial charge in [-0.3, -0.25) is 4.79 Å². The Bertz CT molecular complexity index is 282. The van der Waals surface area contributed by atoms with Gasteiger partial charge in [0.1, 0.15) is 0 Å². The Morgan fingerprint density at radius 2 is 2.36 bits per heavy atom. The van der Waals surface area contributed by atoms with Crippen molar-refractivity contribution in [1.82, 2.24) is 5.32 Å². The number of rotatable bonds is 4. The second kappa shape index (κ2) is 5.12. The molecule has 0 aliphatic rings. The van der Waals surface area contributed by atoms with Crippen molar-refractivity contribution in [2.75, 3.05) is 0 Å². The van der Waals surface area contributed by atoms with Gasteiger partial charge in [0, 0.05) is 6.54 Å². The van der Waals surface area contributed by atoms with Crippen molar-refractivity contribution in [2.24, 2.45) is 11.7 Å². The summed E-state index contributed by atoms with van der Waals surface area (Å²) in [5.41, 5.74) is 6.81. The van der Waals surface area contributed by atoms with Crippen LogP contribution in [-0.4, -0.2) is 11.9 Å². The van der Waals surface area contributed by atoms with Crippen molar-refractivity contribution in [1.29, 1.82) is 0 Å². The third-order valence-corrected chi connectivity index (χ3v) is 2.80. The molecule has 14 heavy (non-hydrogen) atoms. The highest BCUT2D eigenvalue weighted by molar-refractivity contribution is 7.07. The minimum absolute atomic E-state index is 0.0776. The third kappa shape index (κ3) is 3.12. The monoisotopic (exact) mass is 212 g/mol. The minimum atomic E-state index is -0.409. The molecule has 1 unspecified atom stereocenters. The van der Waals surface area contributed by atoms with Gasteiger partial charge < -0.3 is 11.1 Å². The van der Waals surface area contributed by atoms with E-state index < -0.39 is 6.04 Å². The van der Waals surface area contributed by atoms with Gasteiger partial charge in [-0.1, -0.05) is 13.8 Å². The Hall–Kier alpha value is -0.870. The van der Waals surface area contributed by atoms with Gasteiger partial charge in [0.15, 0.2) is 0 Å². The first-order valence-corrected chi connectivity index (χ1v) is 5.60. The largest absolute Gasteiger partial charge is 0.351 e. The Morgan fingerprint density at radius 1 is 1.64 bits per heavy atom. The molecular weight excluding hydrogens is 196 g/mol. The van der Waals surface area contributed by atoms with E-state index in [9.17, 15) is 4.79 Å². The van der Waals surface area contributed by atoms with E-state index in [1.54, 1.807) is 11.3 Å². The summed E-state index contributed by atoms with van der Waals surface area (Å²) in [6.07, 6.45) is 0. The van der Waals surface area contributed by atoms with Crippen LogP contribution in [0.15, 0.2) is 16.8 Å². The molecule has 1 aromatic rings. The van der Waals surface area contributed by atoms with Gasteiger partial charge in [-0.15, -0.1) is 0 Å². The fourth-order valence-corrected chi connectivity index (χ4v) is 1.67. The van der Waals surface area contributed by atoms with Crippen LogP contribution in [0.3, 0.4) is 0 Å². The lowest BCUT2D eigenvalue weighted by Gasteiger charge is -2.14. The first-order valence-electron chi connectivity index (χ1n) is 4.65. The van der Waals surface area contributed by atoms with Gasteiger partial charge in [-0.25, -0.2) is 0 Å². The SMILES string of the molecule is CC(C)C(N)C(=O)NCc1ccsc1. The van der Waals surface area contributed by atoms with Crippen LogP contribution in [0.2, 0.25) is 0 Å². The molecule has 0 fully saturated rings. The number of nitrogens with two attached hydrogens (primary N) is 1. The zero-order valence-electron chi connectivity index (χ0n) is 8.49. The van der Waals surface area contributed by atoms with Gasteiger partial charge >= 0.3 is 0 Å². The highest BCUT2D eigenvalue weighted by Gasteiger charge is 2.16. The highest BCUT2D eigenvalue weighted by Crippen LogP contribution is 2.05. The molecule has 0 aliphatic heterocycles.